The third-order valence-corrected chi connectivity index (χ3v) is 10.2. The van der Waals surface area contributed by atoms with Gasteiger partial charge < -0.3 is 31.1 Å². The van der Waals surface area contributed by atoms with Crippen LogP contribution in [-0.4, -0.2) is 79.3 Å². The molecule has 9 rings (SSSR count). The fourth-order valence-corrected chi connectivity index (χ4v) is 7.31. The molecule has 3 aromatic heterocycles. The minimum absolute atomic E-state index is 0.00625. The largest absolute Gasteiger partial charge is 0.507 e. The van der Waals surface area contributed by atoms with Crippen LogP contribution in [-0.2, 0) is 0 Å². The first kappa shape index (κ1) is 36.3. The van der Waals surface area contributed by atoms with Crippen molar-refractivity contribution in [2.45, 2.75) is 38.8 Å². The molecule has 2 aliphatic rings. The van der Waals surface area contributed by atoms with Gasteiger partial charge in [0.1, 0.15) is 23.1 Å². The van der Waals surface area contributed by atoms with Gasteiger partial charge in [-0.15, -0.1) is 0 Å². The van der Waals surface area contributed by atoms with Crippen molar-refractivity contribution in [3.05, 3.63) is 126 Å². The zero-order valence-electron chi connectivity index (χ0n) is 31.3. The summed E-state index contributed by atoms with van der Waals surface area (Å²) in [6.45, 7) is 7.17. The van der Waals surface area contributed by atoms with E-state index in [0.29, 0.717) is 34.9 Å². The van der Waals surface area contributed by atoms with Crippen molar-refractivity contribution < 1.29 is 15.0 Å². The number of nitrogens with one attached hydrogen (secondary N) is 1. The van der Waals surface area contributed by atoms with Crippen LogP contribution >= 0.6 is 0 Å². The number of anilines is 2. The van der Waals surface area contributed by atoms with Crippen LogP contribution in [0.25, 0.3) is 44.6 Å². The number of nitrogens with two attached hydrogens (primary N) is 1. The number of fused-ring (bicyclic) bond motifs is 2. The first-order valence-corrected chi connectivity index (χ1v) is 18.8. The Bertz CT molecular complexity index is 2550. The summed E-state index contributed by atoms with van der Waals surface area (Å²) < 4.78 is 0. The first-order chi connectivity index (χ1) is 27.2. The lowest BCUT2D eigenvalue weighted by Gasteiger charge is -2.21. The van der Waals surface area contributed by atoms with Crippen LogP contribution in [0.5, 0.6) is 11.5 Å². The Balaban J connectivity index is 0.000000164. The van der Waals surface area contributed by atoms with Gasteiger partial charge >= 0.3 is 0 Å². The Morgan fingerprint density at radius 2 is 1.25 bits per heavy atom. The maximum Gasteiger partial charge on any atom is 0.253 e. The summed E-state index contributed by atoms with van der Waals surface area (Å²) in [5.41, 5.74) is 11.8. The number of aryl methyl sites for hydroxylation is 2. The highest BCUT2D eigenvalue weighted by Gasteiger charge is 2.28. The molecule has 0 aliphatic carbocycles. The van der Waals surface area contributed by atoms with Crippen molar-refractivity contribution in [3.8, 4) is 34.3 Å². The number of aromatic nitrogens is 5. The zero-order valence-corrected chi connectivity index (χ0v) is 31.3. The zero-order chi connectivity index (χ0) is 38.8. The Hall–Kier alpha value is -6.66. The normalized spacial score (nSPS) is 16.6. The van der Waals surface area contributed by atoms with Gasteiger partial charge in [-0.1, -0.05) is 36.4 Å². The predicted octanol–water partition coefficient (Wildman–Crippen LogP) is 6.56. The van der Waals surface area contributed by atoms with E-state index in [0.717, 1.165) is 77.0 Å². The van der Waals surface area contributed by atoms with E-state index < -0.39 is 0 Å². The third-order valence-electron chi connectivity index (χ3n) is 10.2. The number of pyridine rings is 1. The lowest BCUT2D eigenvalue weighted by molar-refractivity contribution is 0.0940. The Labute approximate surface area is 324 Å². The van der Waals surface area contributed by atoms with Gasteiger partial charge in [0, 0.05) is 61.4 Å². The van der Waals surface area contributed by atoms with Gasteiger partial charge in [-0.3, -0.25) is 9.78 Å². The highest BCUT2D eigenvalue weighted by atomic mass is 16.3. The third kappa shape index (κ3) is 7.64. The van der Waals surface area contributed by atoms with E-state index in [1.165, 1.54) is 0 Å². The molecular formula is C44H43N9O3. The SMILES string of the molecule is Cc1ccc2c(N3CC[C@@H](N)C3)nc(-c3ccccc3O)nc2c1.Cc1ccc2c(N3CC[C@@H](NC(=O)c4cccnc4)C3)nc(-c3ccccc3O)nc2c1. The van der Waals surface area contributed by atoms with E-state index in [1.54, 1.807) is 48.8 Å². The molecule has 4 aromatic carbocycles. The molecule has 12 nitrogen and oxygen atoms in total. The number of phenolic OH excluding ortho intramolecular Hbond substituents is 2. The van der Waals surface area contributed by atoms with Gasteiger partial charge in [0.25, 0.3) is 5.91 Å². The summed E-state index contributed by atoms with van der Waals surface area (Å²) in [5, 5.41) is 25.6. The van der Waals surface area contributed by atoms with Crippen LogP contribution in [0.15, 0.2) is 109 Å². The number of aromatic hydroxyl groups is 2. The molecule has 2 saturated heterocycles. The Morgan fingerprint density at radius 1 is 0.696 bits per heavy atom. The predicted molar refractivity (Wildman–Crippen MR) is 220 cm³/mol. The van der Waals surface area contributed by atoms with Crippen LogP contribution in [0, 0.1) is 13.8 Å². The number of hydrogen-bond acceptors (Lipinski definition) is 11. The van der Waals surface area contributed by atoms with Gasteiger partial charge in [-0.25, -0.2) is 19.9 Å². The molecule has 2 fully saturated rings. The molecule has 0 saturated carbocycles. The van der Waals surface area contributed by atoms with Gasteiger partial charge in [-0.05, 0) is 98.5 Å². The van der Waals surface area contributed by atoms with Crippen LogP contribution in [0.1, 0.15) is 34.3 Å². The van der Waals surface area contributed by atoms with Crippen LogP contribution in [0.2, 0.25) is 0 Å². The summed E-state index contributed by atoms with van der Waals surface area (Å²) >= 11 is 0. The summed E-state index contributed by atoms with van der Waals surface area (Å²) in [5.74, 6) is 2.95. The summed E-state index contributed by atoms with van der Waals surface area (Å²) in [4.78, 5) is 40.0. The van der Waals surface area contributed by atoms with E-state index in [-0.39, 0.29) is 29.5 Å². The lowest BCUT2D eigenvalue weighted by atomic mass is 10.1. The molecule has 0 unspecified atom stereocenters. The topological polar surface area (TPSA) is 167 Å². The molecule has 5 heterocycles. The van der Waals surface area contributed by atoms with Crippen molar-refractivity contribution in [3.63, 3.8) is 0 Å². The number of rotatable bonds is 6. The number of para-hydroxylation sites is 2. The molecule has 0 radical (unpaired) electrons. The van der Waals surface area contributed by atoms with E-state index in [2.05, 4.69) is 43.3 Å². The second kappa shape index (κ2) is 15.6. The van der Waals surface area contributed by atoms with Gasteiger partial charge in [0.05, 0.1) is 27.7 Å². The molecule has 56 heavy (non-hydrogen) atoms. The number of amides is 1. The number of nitrogens with zero attached hydrogens (tertiary/aromatic N) is 7. The summed E-state index contributed by atoms with van der Waals surface area (Å²) in [6.07, 6.45) is 5.00. The summed E-state index contributed by atoms with van der Waals surface area (Å²) in [6, 6.07) is 30.3. The van der Waals surface area contributed by atoms with E-state index in [4.69, 9.17) is 20.7 Å². The fraction of sp³-hybridized carbons (Fsp3) is 0.227. The number of hydrogen-bond donors (Lipinski definition) is 4. The molecule has 1 amide bonds. The van der Waals surface area contributed by atoms with E-state index >= 15 is 0 Å². The van der Waals surface area contributed by atoms with Crippen molar-refractivity contribution >= 4 is 39.3 Å². The first-order valence-electron chi connectivity index (χ1n) is 18.8. The smallest absolute Gasteiger partial charge is 0.253 e. The second-order valence-corrected chi connectivity index (χ2v) is 14.5. The minimum Gasteiger partial charge on any atom is -0.507 e. The van der Waals surface area contributed by atoms with E-state index in [9.17, 15) is 15.0 Å². The molecule has 12 heteroatoms. The maximum absolute atomic E-state index is 12.5. The molecule has 0 spiro atoms. The Kier molecular flexibility index (Phi) is 10.1. The molecule has 7 aromatic rings. The molecular weight excluding hydrogens is 703 g/mol. The van der Waals surface area contributed by atoms with E-state index in [1.807, 2.05) is 56.3 Å². The highest BCUT2D eigenvalue weighted by Crippen LogP contribution is 2.35. The quantitative estimate of drug-likeness (QED) is 0.146. The fourth-order valence-electron chi connectivity index (χ4n) is 7.31. The van der Waals surface area contributed by atoms with Crippen LogP contribution in [0.3, 0.4) is 0 Å². The number of benzene rings is 4. The average molecular weight is 746 g/mol. The van der Waals surface area contributed by atoms with Crippen molar-refractivity contribution in [1.29, 1.82) is 0 Å². The molecule has 282 valence electrons. The van der Waals surface area contributed by atoms with Crippen LogP contribution in [0.4, 0.5) is 11.6 Å². The Morgan fingerprint density at radius 3 is 1.77 bits per heavy atom. The lowest BCUT2D eigenvalue weighted by Crippen LogP contribution is -2.37. The summed E-state index contributed by atoms with van der Waals surface area (Å²) in [7, 11) is 0. The number of carbonyl (C=O) groups excluding carboxylic acids is 1. The van der Waals surface area contributed by atoms with Gasteiger partial charge in [0.2, 0.25) is 0 Å². The molecule has 2 atom stereocenters. The van der Waals surface area contributed by atoms with Crippen molar-refractivity contribution in [2.75, 3.05) is 36.0 Å². The molecule has 0 bridgehead atoms. The molecule has 2 aliphatic heterocycles. The highest BCUT2D eigenvalue weighted by molar-refractivity contribution is 5.95. The number of carbonyl (C=O) groups is 1. The van der Waals surface area contributed by atoms with Crippen molar-refractivity contribution in [2.24, 2.45) is 5.73 Å². The monoisotopic (exact) mass is 745 g/mol. The van der Waals surface area contributed by atoms with Crippen molar-refractivity contribution in [1.82, 2.24) is 30.2 Å². The minimum atomic E-state index is -0.122. The second-order valence-electron chi connectivity index (χ2n) is 14.5. The maximum atomic E-state index is 12.5. The molecule has 5 N–H and O–H groups in total. The van der Waals surface area contributed by atoms with Crippen LogP contribution < -0.4 is 20.9 Å². The number of phenols is 2. The van der Waals surface area contributed by atoms with Gasteiger partial charge in [-0.2, -0.15) is 0 Å². The average Bonchev–Trinajstić information content (AvgIpc) is 3.86. The standard InChI is InChI=1S/C25H23N5O2.C19H20N4O/c1-16-8-9-19-21(13-16)28-23(20-6-2-3-7-22(20)31)29-24(19)30-12-10-18(15-30)27-25(32)17-5-4-11-26-14-17;1-12-6-7-14-16(10-12)21-18(15-4-2-3-5-17(15)24)22-19(14)23-9-8-13(20)11-23/h2-9,11,13-14,18,31H,10,12,15H2,1H3,(H,27,32);2-7,10,13,24H,8-9,11,20H2,1H3/t18-;13-/m11/s1. The van der Waals surface area contributed by atoms with Gasteiger partial charge in [0.15, 0.2) is 11.6 Å².